The average Bonchev–Trinajstić information content (AvgIpc) is 3.39. The number of fused-ring (bicyclic) bond motifs is 2. The van der Waals surface area contributed by atoms with Crippen LogP contribution in [0, 0.1) is 11.7 Å². The number of carbonyl (C=O) groups is 3. The molecule has 8 nitrogen and oxygen atoms in total. The van der Waals surface area contributed by atoms with Crippen molar-refractivity contribution in [1.29, 1.82) is 0 Å². The van der Waals surface area contributed by atoms with Crippen LogP contribution in [-0.4, -0.2) is 40.5 Å². The first-order chi connectivity index (χ1) is 21.5. The van der Waals surface area contributed by atoms with E-state index >= 15 is 0 Å². The van der Waals surface area contributed by atoms with E-state index in [-0.39, 0.29) is 42.4 Å². The van der Waals surface area contributed by atoms with Crippen molar-refractivity contribution in [3.8, 4) is 11.1 Å². The number of hydrogen-bond acceptors (Lipinski definition) is 5. The highest BCUT2D eigenvalue weighted by Crippen LogP contribution is 2.48. The molecule has 0 bridgehead atoms. The molecule has 0 unspecified atom stereocenters. The van der Waals surface area contributed by atoms with Crippen LogP contribution in [0.2, 0.25) is 5.02 Å². The van der Waals surface area contributed by atoms with Gasteiger partial charge in [0.15, 0.2) is 0 Å². The van der Waals surface area contributed by atoms with E-state index in [1.807, 2.05) is 63.2 Å². The van der Waals surface area contributed by atoms with Crippen LogP contribution in [0.5, 0.6) is 0 Å². The number of benzene rings is 3. The van der Waals surface area contributed by atoms with Crippen molar-refractivity contribution in [2.24, 2.45) is 5.92 Å². The molecule has 1 aliphatic heterocycles. The number of halogens is 2. The van der Waals surface area contributed by atoms with Crippen LogP contribution in [-0.2, 0) is 33.8 Å². The number of furan rings is 1. The molecule has 2 heterocycles. The van der Waals surface area contributed by atoms with Crippen molar-refractivity contribution in [3.63, 3.8) is 0 Å². The number of nitrogens with zero attached hydrogens (tertiary/aromatic N) is 1. The molecule has 4 aromatic rings. The summed E-state index contributed by atoms with van der Waals surface area (Å²) in [5, 5.41) is 6.45. The smallest absolute Gasteiger partial charge is 0.407 e. The molecule has 1 aromatic heterocycles. The minimum absolute atomic E-state index is 0.00109. The highest BCUT2D eigenvalue weighted by Gasteiger charge is 2.55. The SMILES string of the molecule is CC(C)(C)OC(=O)NCc1cccc(-c2cc(CC(=O)N3[C@@H]4C[C@H]4C[C@H]3C(=O)NCc3cccc(Cl)c3F)cc3ccoc23)c1. The van der Waals surface area contributed by atoms with Crippen molar-refractivity contribution in [1.82, 2.24) is 15.5 Å². The quantitative estimate of drug-likeness (QED) is 0.224. The second kappa shape index (κ2) is 12.2. The van der Waals surface area contributed by atoms with Crippen LogP contribution in [0.3, 0.4) is 0 Å². The van der Waals surface area contributed by atoms with Gasteiger partial charge in [-0.2, -0.15) is 0 Å². The Labute approximate surface area is 265 Å². The van der Waals surface area contributed by atoms with Crippen LogP contribution >= 0.6 is 11.6 Å². The predicted molar refractivity (Wildman–Crippen MR) is 169 cm³/mol. The van der Waals surface area contributed by atoms with Crippen molar-refractivity contribution in [2.45, 2.75) is 70.8 Å². The lowest BCUT2D eigenvalue weighted by molar-refractivity contribution is -0.139. The maximum absolute atomic E-state index is 14.4. The van der Waals surface area contributed by atoms with Crippen molar-refractivity contribution >= 4 is 40.5 Å². The number of alkyl carbamates (subject to hydrolysis) is 1. The zero-order valence-corrected chi connectivity index (χ0v) is 26.1. The summed E-state index contributed by atoms with van der Waals surface area (Å²) in [6.07, 6.45) is 2.71. The third kappa shape index (κ3) is 6.83. The molecule has 3 amide bonds. The number of amides is 3. The van der Waals surface area contributed by atoms with E-state index in [4.69, 9.17) is 20.8 Å². The van der Waals surface area contributed by atoms with Crippen LogP contribution < -0.4 is 10.6 Å². The van der Waals surface area contributed by atoms with Gasteiger partial charge in [0, 0.05) is 35.6 Å². The monoisotopic (exact) mass is 631 g/mol. The number of rotatable bonds is 8. The Hall–Kier alpha value is -4.37. The average molecular weight is 632 g/mol. The van der Waals surface area contributed by atoms with Gasteiger partial charge in [0.2, 0.25) is 11.8 Å². The first-order valence-electron chi connectivity index (χ1n) is 15.0. The lowest BCUT2D eigenvalue weighted by Gasteiger charge is -2.27. The Kier molecular flexibility index (Phi) is 8.31. The van der Waals surface area contributed by atoms with Crippen LogP contribution in [0.4, 0.5) is 9.18 Å². The van der Waals surface area contributed by atoms with Crippen molar-refractivity contribution in [3.05, 3.63) is 94.5 Å². The third-order valence-electron chi connectivity index (χ3n) is 8.22. The molecule has 10 heteroatoms. The van der Waals surface area contributed by atoms with Gasteiger partial charge >= 0.3 is 6.09 Å². The Morgan fingerprint density at radius 3 is 2.60 bits per heavy atom. The standard InChI is InChI=1S/C35H35ClFN3O5/c1-35(2,3)45-34(43)39-18-20-6-4-7-22(12-20)26-14-21(13-23-10-11-44-32(23)26)15-30(41)40-28-16-25(28)17-29(40)33(42)38-19-24-8-5-9-27(36)31(24)37/h4-14,25,28-29H,15-19H2,1-3H3,(H,38,42)(H,39,43)/t25-,28+,29-/m0/s1. The van der Waals surface area contributed by atoms with Crippen molar-refractivity contribution in [2.75, 3.05) is 0 Å². The lowest BCUT2D eigenvalue weighted by atomic mass is 9.97. The fraction of sp³-hybridized carbons (Fsp3) is 0.343. The van der Waals surface area contributed by atoms with E-state index in [1.54, 1.807) is 23.3 Å². The van der Waals surface area contributed by atoms with Crippen LogP contribution in [0.1, 0.15) is 50.3 Å². The Morgan fingerprint density at radius 1 is 1.00 bits per heavy atom. The number of hydrogen-bond donors (Lipinski definition) is 2. The van der Waals surface area contributed by atoms with Gasteiger partial charge in [-0.15, -0.1) is 0 Å². The maximum Gasteiger partial charge on any atom is 0.407 e. The van der Waals surface area contributed by atoms with E-state index in [1.165, 1.54) is 6.07 Å². The zero-order chi connectivity index (χ0) is 31.9. The van der Waals surface area contributed by atoms with Crippen LogP contribution in [0.25, 0.3) is 22.1 Å². The molecule has 2 aliphatic rings. The van der Waals surface area contributed by atoms with Gasteiger partial charge in [-0.25, -0.2) is 9.18 Å². The van der Waals surface area contributed by atoms with Gasteiger partial charge < -0.3 is 24.7 Å². The number of likely N-dealkylation sites (tertiary alicyclic amines) is 1. The van der Waals surface area contributed by atoms with Crippen LogP contribution in [0.15, 0.2) is 71.3 Å². The molecule has 3 atom stereocenters. The summed E-state index contributed by atoms with van der Waals surface area (Å²) < 4.78 is 25.5. The summed E-state index contributed by atoms with van der Waals surface area (Å²) in [6.45, 7) is 5.71. The molecule has 234 valence electrons. The predicted octanol–water partition coefficient (Wildman–Crippen LogP) is 6.77. The van der Waals surface area contributed by atoms with Gasteiger partial charge in [-0.1, -0.05) is 41.9 Å². The second-order valence-corrected chi connectivity index (χ2v) is 13.2. The molecular formula is C35H35ClFN3O5. The molecule has 6 rings (SSSR count). The van der Waals surface area contributed by atoms with Gasteiger partial charge in [0.05, 0.1) is 17.7 Å². The molecule has 1 saturated heterocycles. The Bertz CT molecular complexity index is 1780. The number of ether oxygens (including phenoxy) is 1. The summed E-state index contributed by atoms with van der Waals surface area (Å²) in [6, 6.07) is 17.6. The molecule has 0 spiro atoms. The normalized spacial score (nSPS) is 18.9. The largest absolute Gasteiger partial charge is 0.464 e. The molecule has 2 N–H and O–H groups in total. The minimum atomic E-state index is -0.602. The highest BCUT2D eigenvalue weighted by atomic mass is 35.5. The summed E-state index contributed by atoms with van der Waals surface area (Å²) in [5.74, 6) is -0.676. The lowest BCUT2D eigenvalue weighted by Crippen LogP contribution is -2.48. The van der Waals surface area contributed by atoms with E-state index in [0.29, 0.717) is 23.5 Å². The summed E-state index contributed by atoms with van der Waals surface area (Å²) in [5.41, 5.74) is 3.77. The fourth-order valence-electron chi connectivity index (χ4n) is 6.10. The fourth-order valence-corrected chi connectivity index (χ4v) is 6.29. The Balaban J connectivity index is 1.17. The van der Waals surface area contributed by atoms with E-state index in [9.17, 15) is 18.8 Å². The van der Waals surface area contributed by atoms with E-state index < -0.39 is 23.6 Å². The molecular weight excluding hydrogens is 597 g/mol. The number of nitrogens with one attached hydrogen (secondary N) is 2. The number of piperidine rings is 1. The maximum atomic E-state index is 14.4. The third-order valence-corrected chi connectivity index (χ3v) is 8.51. The van der Waals surface area contributed by atoms with E-state index in [0.717, 1.165) is 34.1 Å². The van der Waals surface area contributed by atoms with Crippen molar-refractivity contribution < 1.29 is 27.9 Å². The molecule has 1 saturated carbocycles. The molecule has 45 heavy (non-hydrogen) atoms. The molecule has 1 aliphatic carbocycles. The topological polar surface area (TPSA) is 101 Å². The molecule has 0 radical (unpaired) electrons. The summed E-state index contributed by atoms with van der Waals surface area (Å²) in [7, 11) is 0. The van der Waals surface area contributed by atoms with E-state index in [2.05, 4.69) is 10.6 Å². The highest BCUT2D eigenvalue weighted by molar-refractivity contribution is 6.30. The zero-order valence-electron chi connectivity index (χ0n) is 25.4. The minimum Gasteiger partial charge on any atom is -0.464 e. The Morgan fingerprint density at radius 2 is 1.80 bits per heavy atom. The van der Waals surface area contributed by atoms with Gasteiger partial charge in [0.1, 0.15) is 23.0 Å². The first-order valence-corrected chi connectivity index (χ1v) is 15.4. The molecule has 2 fully saturated rings. The molecule has 3 aromatic carbocycles. The van der Waals surface area contributed by atoms with Gasteiger partial charge in [-0.05, 0) is 86.6 Å². The summed E-state index contributed by atoms with van der Waals surface area (Å²) in [4.78, 5) is 40.9. The summed E-state index contributed by atoms with van der Waals surface area (Å²) >= 11 is 5.89. The number of carbonyl (C=O) groups excluding carboxylic acids is 3. The first kappa shape index (κ1) is 30.6. The second-order valence-electron chi connectivity index (χ2n) is 12.8. The van der Waals surface area contributed by atoms with Gasteiger partial charge in [0.25, 0.3) is 0 Å². The van der Waals surface area contributed by atoms with Gasteiger partial charge in [-0.3, -0.25) is 9.59 Å².